The summed E-state index contributed by atoms with van der Waals surface area (Å²) >= 11 is 0. The van der Waals surface area contributed by atoms with Crippen LogP contribution in [0.25, 0.3) is 11.0 Å². The van der Waals surface area contributed by atoms with Crippen molar-refractivity contribution in [3.63, 3.8) is 0 Å². The average molecular weight is 270 g/mol. The largest absolute Gasteiger partial charge is 0.356 e. The molecule has 4 heteroatoms. The molecule has 3 fully saturated rings. The number of nitrogens with zero attached hydrogens (tertiary/aromatic N) is 2. The zero-order chi connectivity index (χ0) is 13.5. The van der Waals surface area contributed by atoms with Gasteiger partial charge in [0.25, 0.3) is 0 Å². The number of carbonyl (C=O) groups excluding carboxylic acids is 1. The molecule has 1 atom stereocenters. The van der Waals surface area contributed by atoms with Crippen molar-refractivity contribution in [2.24, 2.45) is 11.8 Å². The van der Waals surface area contributed by atoms with Crippen LogP contribution in [-0.4, -0.2) is 35.5 Å². The maximum atomic E-state index is 12.5. The van der Waals surface area contributed by atoms with Crippen molar-refractivity contribution in [2.75, 3.05) is 19.6 Å². The summed E-state index contributed by atoms with van der Waals surface area (Å²) in [4.78, 5) is 15.0. The summed E-state index contributed by atoms with van der Waals surface area (Å²) in [7, 11) is 0. The molecule has 3 aliphatic rings. The Balaban J connectivity index is 1.56. The summed E-state index contributed by atoms with van der Waals surface area (Å²) in [5.74, 6) is 1.36. The molecule has 5 rings (SSSR count). The molecule has 2 aromatic rings. The molecule has 0 N–H and O–H groups in total. The minimum atomic E-state index is 0.133. The lowest BCUT2D eigenvalue weighted by atomic mass is 9.76. The van der Waals surface area contributed by atoms with Gasteiger partial charge in [0, 0.05) is 13.0 Å². The summed E-state index contributed by atoms with van der Waals surface area (Å²) in [5.41, 5.74) is 1.21. The Kier molecular flexibility index (Phi) is 2.84. The number of hydrogen-bond donors (Lipinski definition) is 0. The van der Waals surface area contributed by atoms with Crippen LogP contribution in [0.3, 0.4) is 0 Å². The lowest BCUT2D eigenvalue weighted by Crippen LogP contribution is -2.47. The maximum Gasteiger partial charge on any atom is 0.185 e. The number of piperidine rings is 3. The van der Waals surface area contributed by atoms with Crippen molar-refractivity contribution in [2.45, 2.75) is 19.3 Å². The lowest BCUT2D eigenvalue weighted by molar-refractivity contribution is 0.0439. The quantitative estimate of drug-likeness (QED) is 0.805. The molecule has 0 aliphatic carbocycles. The minimum Gasteiger partial charge on any atom is -0.356 e. The van der Waals surface area contributed by atoms with Crippen LogP contribution in [0.4, 0.5) is 0 Å². The van der Waals surface area contributed by atoms with Crippen molar-refractivity contribution >= 4 is 16.8 Å². The fourth-order valence-corrected chi connectivity index (χ4v) is 3.74. The van der Waals surface area contributed by atoms with Gasteiger partial charge in [-0.3, -0.25) is 4.79 Å². The highest BCUT2D eigenvalue weighted by molar-refractivity contribution is 6.05. The van der Waals surface area contributed by atoms with Gasteiger partial charge in [-0.25, -0.2) is 0 Å². The van der Waals surface area contributed by atoms with Gasteiger partial charge in [0.2, 0.25) is 0 Å². The fraction of sp³-hybridized carbons (Fsp3) is 0.500. The smallest absolute Gasteiger partial charge is 0.185 e. The number of ketones is 1. The van der Waals surface area contributed by atoms with Crippen molar-refractivity contribution in [1.29, 1.82) is 0 Å². The highest BCUT2D eigenvalue weighted by Crippen LogP contribution is 2.35. The van der Waals surface area contributed by atoms with Crippen LogP contribution >= 0.6 is 0 Å². The Bertz CT molecular complexity index is 641. The molecule has 0 radical (unpaired) electrons. The molecule has 3 saturated heterocycles. The monoisotopic (exact) mass is 270 g/mol. The third-order valence-electron chi connectivity index (χ3n) is 4.88. The van der Waals surface area contributed by atoms with Crippen LogP contribution in [0.1, 0.15) is 29.8 Å². The molecule has 0 amide bonds. The standard InChI is InChI=1S/C16H18N2O2/c19-14(9-12-10-18-7-5-11(12)6-8-18)16-13-3-1-2-4-15(13)20-17-16/h1-4,11-12H,5-10H2/t12-/m0/s1. The first-order valence-corrected chi connectivity index (χ1v) is 7.41. The molecular weight excluding hydrogens is 252 g/mol. The van der Waals surface area contributed by atoms with Crippen LogP contribution in [-0.2, 0) is 0 Å². The second-order valence-electron chi connectivity index (χ2n) is 6.05. The van der Waals surface area contributed by atoms with Crippen molar-refractivity contribution in [3.05, 3.63) is 30.0 Å². The number of fused-ring (bicyclic) bond motifs is 4. The number of rotatable bonds is 3. The molecule has 0 saturated carbocycles. The van der Waals surface area contributed by atoms with Crippen LogP contribution < -0.4 is 0 Å². The fourth-order valence-electron chi connectivity index (χ4n) is 3.74. The summed E-state index contributed by atoms with van der Waals surface area (Å²) in [6.45, 7) is 3.50. The molecule has 4 heterocycles. The van der Waals surface area contributed by atoms with E-state index in [1.165, 1.54) is 25.9 Å². The summed E-state index contributed by atoms with van der Waals surface area (Å²) in [6, 6.07) is 7.59. The van der Waals surface area contributed by atoms with Crippen LogP contribution in [0, 0.1) is 11.8 Å². The Morgan fingerprint density at radius 1 is 1.30 bits per heavy atom. The highest BCUT2D eigenvalue weighted by Gasteiger charge is 2.35. The Labute approximate surface area is 117 Å². The minimum absolute atomic E-state index is 0.133. The molecule has 4 nitrogen and oxygen atoms in total. The number of benzene rings is 1. The van der Waals surface area contributed by atoms with E-state index in [-0.39, 0.29) is 5.78 Å². The summed E-state index contributed by atoms with van der Waals surface area (Å²) < 4.78 is 5.24. The van der Waals surface area contributed by atoms with Gasteiger partial charge in [-0.1, -0.05) is 17.3 Å². The first-order chi connectivity index (χ1) is 9.81. The second kappa shape index (κ2) is 4.70. The average Bonchev–Trinajstić information content (AvgIpc) is 2.92. The molecular formula is C16H18N2O2. The van der Waals surface area contributed by atoms with Gasteiger partial charge >= 0.3 is 0 Å². The third kappa shape index (κ3) is 1.95. The van der Waals surface area contributed by atoms with E-state index in [9.17, 15) is 4.79 Å². The lowest BCUT2D eigenvalue weighted by Gasteiger charge is -2.44. The Morgan fingerprint density at radius 3 is 2.85 bits per heavy atom. The van der Waals surface area contributed by atoms with E-state index in [0.29, 0.717) is 23.6 Å². The van der Waals surface area contributed by atoms with E-state index in [4.69, 9.17) is 4.52 Å². The van der Waals surface area contributed by atoms with Gasteiger partial charge < -0.3 is 9.42 Å². The molecule has 1 aromatic heterocycles. The highest BCUT2D eigenvalue weighted by atomic mass is 16.5. The summed E-state index contributed by atoms with van der Waals surface area (Å²) in [5, 5.41) is 4.83. The predicted molar refractivity (Wildman–Crippen MR) is 75.6 cm³/mol. The zero-order valence-electron chi connectivity index (χ0n) is 11.4. The van der Waals surface area contributed by atoms with Gasteiger partial charge in [-0.15, -0.1) is 0 Å². The van der Waals surface area contributed by atoms with Crippen LogP contribution in [0.5, 0.6) is 0 Å². The van der Waals surface area contributed by atoms with Crippen molar-refractivity contribution in [1.82, 2.24) is 10.1 Å². The first-order valence-electron chi connectivity index (χ1n) is 7.41. The maximum absolute atomic E-state index is 12.5. The summed E-state index contributed by atoms with van der Waals surface area (Å²) in [6.07, 6.45) is 3.10. The Hall–Kier alpha value is -1.68. The predicted octanol–water partition coefficient (Wildman–Crippen LogP) is 2.74. The first kappa shape index (κ1) is 12.1. The number of aromatic nitrogens is 1. The van der Waals surface area contributed by atoms with Crippen LogP contribution in [0.15, 0.2) is 28.8 Å². The van der Waals surface area contributed by atoms with E-state index in [2.05, 4.69) is 10.1 Å². The zero-order valence-corrected chi connectivity index (χ0v) is 11.4. The van der Waals surface area contributed by atoms with Crippen LogP contribution in [0.2, 0.25) is 0 Å². The van der Waals surface area contributed by atoms with Gasteiger partial charge in [0.05, 0.1) is 5.39 Å². The number of hydrogen-bond acceptors (Lipinski definition) is 4. The molecule has 3 aliphatic heterocycles. The SMILES string of the molecule is O=C(C[C@H]1CN2CCC1CC2)c1noc2ccccc12. The number of para-hydroxylation sites is 1. The molecule has 1 aromatic carbocycles. The Morgan fingerprint density at radius 2 is 2.10 bits per heavy atom. The van der Waals surface area contributed by atoms with Gasteiger partial charge in [0.1, 0.15) is 0 Å². The van der Waals surface area contributed by atoms with Gasteiger partial charge in [0.15, 0.2) is 17.1 Å². The van der Waals surface area contributed by atoms with E-state index >= 15 is 0 Å². The second-order valence-corrected chi connectivity index (χ2v) is 6.05. The molecule has 20 heavy (non-hydrogen) atoms. The van der Waals surface area contributed by atoms with E-state index in [0.717, 1.165) is 17.8 Å². The number of carbonyl (C=O) groups is 1. The molecule has 0 spiro atoms. The van der Waals surface area contributed by atoms with E-state index in [1.807, 2.05) is 24.3 Å². The van der Waals surface area contributed by atoms with E-state index < -0.39 is 0 Å². The topological polar surface area (TPSA) is 46.3 Å². The third-order valence-corrected chi connectivity index (χ3v) is 4.88. The van der Waals surface area contributed by atoms with Gasteiger partial charge in [-0.2, -0.15) is 0 Å². The molecule has 104 valence electrons. The molecule has 2 bridgehead atoms. The van der Waals surface area contributed by atoms with Crippen molar-refractivity contribution in [3.8, 4) is 0 Å². The van der Waals surface area contributed by atoms with Crippen molar-refractivity contribution < 1.29 is 9.32 Å². The normalized spacial score (nSPS) is 28.9. The number of Topliss-reactive ketones (excluding diaryl/α,β-unsaturated/α-hetero) is 1. The van der Waals surface area contributed by atoms with E-state index in [1.54, 1.807) is 0 Å². The van der Waals surface area contributed by atoms with Gasteiger partial charge in [-0.05, 0) is 49.9 Å². The molecule has 0 unspecified atom stereocenters.